The number of thiazole rings is 3. The van der Waals surface area contributed by atoms with Gasteiger partial charge in [-0.25, -0.2) is 15.0 Å². The van der Waals surface area contributed by atoms with E-state index in [4.69, 9.17) is 0 Å². The molecule has 91 heavy (non-hydrogen) atoms. The van der Waals surface area contributed by atoms with E-state index in [1.807, 2.05) is 249 Å². The lowest BCUT2D eigenvalue weighted by Gasteiger charge is -1.74. The molecule has 0 bridgehead atoms. The quantitative estimate of drug-likeness (QED) is 0.143. The Morgan fingerprint density at radius 2 is 1.01 bits per heavy atom. The maximum atomic E-state index is 4.60. The van der Waals surface area contributed by atoms with E-state index in [2.05, 4.69) is 115 Å². The number of H-pyrrole nitrogens is 2. The van der Waals surface area contributed by atoms with Crippen molar-refractivity contribution in [2.45, 2.75) is 221 Å². The zero-order chi connectivity index (χ0) is 71.2. The van der Waals surface area contributed by atoms with Crippen molar-refractivity contribution in [1.82, 2.24) is 90.0 Å². The van der Waals surface area contributed by atoms with Gasteiger partial charge in [0, 0.05) is 96.6 Å². The molecule has 11 aromatic rings. The van der Waals surface area contributed by atoms with E-state index in [1.165, 1.54) is 44.1 Å². The van der Waals surface area contributed by atoms with E-state index in [0.717, 1.165) is 84.3 Å². The van der Waals surface area contributed by atoms with Crippen molar-refractivity contribution in [2.24, 2.45) is 4.99 Å². The highest BCUT2D eigenvalue weighted by atomic mass is 32.1. The van der Waals surface area contributed by atoms with Gasteiger partial charge in [-0.15, -0.1) is 75.9 Å². The standard InChI is InChI=1S/C5H7N.2C4H6N2O.3C4H6N2S.2C4H6N2.C4H5NO.3C4H5NS.7C2H6/c1-5-3-2-4-6-5;2*1-3-4(2)7-6-5-3;1-3-5-6-4(2)7-3;2*1-3-4(2)7-6-5-3;1-4-2-5-3-6-4;1-4-5-2-3-6-4;2*1-4-2-6-3-5-4;1-4-2-5-3-6-4;1-4-5-2-3-6-4;7*1-2/h3-4H,2H2,1H3;5*1-2H3;2*2-3H,1H3,(H,5,6);4*2-3H,1H3;7*1-2H3. The van der Waals surface area contributed by atoms with Gasteiger partial charge >= 0.3 is 0 Å². The maximum absolute atomic E-state index is 4.60. The molecular formula is C63H111N19O3S6. The molecule has 12 heterocycles. The fourth-order valence-electron chi connectivity index (χ4n) is 3.78. The predicted octanol–water partition coefficient (Wildman–Crippen LogP) is 20.2. The number of allylic oxidation sites excluding steroid dienone is 2. The zero-order valence-electron chi connectivity index (χ0n) is 60.6. The molecule has 0 radical (unpaired) electrons. The Hall–Kier alpha value is -7.11. The van der Waals surface area contributed by atoms with Gasteiger partial charge in [0.25, 0.3) is 0 Å². The molecule has 2 N–H and O–H groups in total. The Balaban J connectivity index is -0.000000166. The molecule has 0 aliphatic carbocycles. The van der Waals surface area contributed by atoms with E-state index in [1.54, 1.807) is 82.7 Å². The molecule has 28 heteroatoms. The smallest absolute Gasteiger partial charge is 0.180 e. The Morgan fingerprint density at radius 1 is 0.484 bits per heavy atom. The van der Waals surface area contributed by atoms with Crippen molar-refractivity contribution >= 4 is 74.6 Å². The van der Waals surface area contributed by atoms with Gasteiger partial charge in [0.2, 0.25) is 0 Å². The second kappa shape index (κ2) is 73.6. The Morgan fingerprint density at radius 3 is 1.12 bits per heavy atom. The largest absolute Gasteiger partial charge is 0.452 e. The van der Waals surface area contributed by atoms with E-state index in [0.29, 0.717) is 0 Å². The van der Waals surface area contributed by atoms with Crippen LogP contribution in [0.25, 0.3) is 0 Å². The molecule has 0 fully saturated rings. The number of aromatic amines is 2. The van der Waals surface area contributed by atoms with Crippen LogP contribution < -0.4 is 0 Å². The summed E-state index contributed by atoms with van der Waals surface area (Å²) in [5, 5.41) is 36.1. The van der Waals surface area contributed by atoms with Crippen molar-refractivity contribution in [3.05, 3.63) is 170 Å². The van der Waals surface area contributed by atoms with Crippen molar-refractivity contribution in [2.75, 3.05) is 0 Å². The first-order chi connectivity index (χ1) is 43.8. The molecule has 11 aromatic heterocycles. The summed E-state index contributed by atoms with van der Waals surface area (Å²) in [5.74, 6) is 2.55. The topological polar surface area (TPSA) is 290 Å². The highest BCUT2D eigenvalue weighted by Crippen LogP contribution is 2.06. The molecule has 22 nitrogen and oxygen atoms in total. The molecular weight excluding hydrogens is 1260 g/mol. The van der Waals surface area contributed by atoms with Crippen LogP contribution in [0.1, 0.15) is 197 Å². The van der Waals surface area contributed by atoms with E-state index in [-0.39, 0.29) is 0 Å². The van der Waals surface area contributed by atoms with Crippen LogP contribution in [0.2, 0.25) is 0 Å². The van der Waals surface area contributed by atoms with Gasteiger partial charge in [0.15, 0.2) is 17.9 Å². The van der Waals surface area contributed by atoms with Gasteiger partial charge in [-0.3, -0.25) is 19.9 Å². The maximum Gasteiger partial charge on any atom is 0.180 e. The molecule has 0 amide bonds. The summed E-state index contributed by atoms with van der Waals surface area (Å²) in [6, 6.07) is 0. The first-order valence-electron chi connectivity index (χ1n) is 30.1. The third-order valence-electron chi connectivity index (χ3n) is 8.45. The second-order valence-corrected chi connectivity index (χ2v) is 21.4. The van der Waals surface area contributed by atoms with Crippen LogP contribution in [-0.4, -0.2) is 96.2 Å². The van der Waals surface area contributed by atoms with Gasteiger partial charge in [-0.05, 0) is 141 Å². The summed E-state index contributed by atoms with van der Waals surface area (Å²) < 4.78 is 21.2. The van der Waals surface area contributed by atoms with Crippen molar-refractivity contribution in [3.8, 4) is 0 Å². The molecule has 0 spiro atoms. The lowest BCUT2D eigenvalue weighted by Crippen LogP contribution is -1.70. The van der Waals surface area contributed by atoms with Crippen LogP contribution in [0.5, 0.6) is 0 Å². The average molecular weight is 1380 g/mol. The monoisotopic (exact) mass is 1370 g/mol. The van der Waals surface area contributed by atoms with Crippen LogP contribution >= 0.6 is 68.4 Å². The average Bonchev–Trinajstić information content (AvgIpc) is 4.57. The third-order valence-corrected chi connectivity index (χ3v) is 12.8. The summed E-state index contributed by atoms with van der Waals surface area (Å²) in [6.07, 6.45) is 18.7. The molecule has 0 atom stereocenters. The molecule has 0 saturated heterocycles. The van der Waals surface area contributed by atoms with Crippen LogP contribution in [-0.2, 0) is 0 Å². The predicted molar refractivity (Wildman–Crippen MR) is 390 cm³/mol. The number of oxazole rings is 1. The minimum atomic E-state index is 0.792. The normalized spacial score (nSPS) is 8.80. The van der Waals surface area contributed by atoms with Gasteiger partial charge in [0.1, 0.15) is 33.5 Å². The van der Waals surface area contributed by atoms with Gasteiger partial charge in [0.05, 0.1) is 39.4 Å². The number of aryl methyl sites for hydroxylation is 16. The second-order valence-electron chi connectivity index (χ2n) is 15.2. The summed E-state index contributed by atoms with van der Waals surface area (Å²) in [4.78, 5) is 36.5. The molecule has 0 aromatic carbocycles. The first-order valence-corrected chi connectivity index (χ1v) is 35.1. The number of hydrogen-bond acceptors (Lipinski definition) is 26. The van der Waals surface area contributed by atoms with Gasteiger partial charge < -0.3 is 23.4 Å². The fourth-order valence-corrected chi connectivity index (χ4v) is 6.68. The van der Waals surface area contributed by atoms with E-state index >= 15 is 0 Å². The molecule has 1 aliphatic rings. The molecule has 12 rings (SSSR count). The highest BCUT2D eigenvalue weighted by Gasteiger charge is 1.95. The summed E-state index contributed by atoms with van der Waals surface area (Å²) in [7, 11) is 0. The summed E-state index contributed by atoms with van der Waals surface area (Å²) in [5.41, 5.74) is 11.8. The van der Waals surface area contributed by atoms with Crippen molar-refractivity contribution < 1.29 is 13.5 Å². The number of nitrogens with one attached hydrogen (secondary N) is 2. The van der Waals surface area contributed by atoms with Gasteiger partial charge in [-0.1, -0.05) is 112 Å². The van der Waals surface area contributed by atoms with Gasteiger partial charge in [-0.2, -0.15) is 0 Å². The van der Waals surface area contributed by atoms with Crippen LogP contribution in [0.3, 0.4) is 0 Å². The van der Waals surface area contributed by atoms with Crippen LogP contribution in [0.4, 0.5) is 0 Å². The van der Waals surface area contributed by atoms with Crippen LogP contribution in [0, 0.1) is 111 Å². The lowest BCUT2D eigenvalue weighted by atomic mass is 10.4. The van der Waals surface area contributed by atoms with E-state index < -0.39 is 0 Å². The van der Waals surface area contributed by atoms with E-state index in [9.17, 15) is 0 Å². The highest BCUT2D eigenvalue weighted by molar-refractivity contribution is 7.11. The SMILES string of the molecule is CC.CC.CC.CC.CC.CC.CC.CC1=CCC=N1.Cc1cnc[nH]1.Cc1cncs1.Cc1cocn1.Cc1cscn1.Cc1ncc[nH]1.Cc1nccs1.Cc1nnc(C)s1.Cc1nnoc1C.Cc1nnoc1C.Cc1nnsc1C.Cc1nnsc1C. The minimum absolute atomic E-state index is 0.792. The molecule has 0 unspecified atom stereocenters. The number of aromatic nitrogens is 18. The lowest BCUT2D eigenvalue weighted by molar-refractivity contribution is 0.373. The molecule has 512 valence electrons. The number of hydrogen-bond donors (Lipinski definition) is 2. The Bertz CT molecular complexity index is 2570. The number of aliphatic imine (C=N–C) groups is 1. The van der Waals surface area contributed by atoms with Crippen molar-refractivity contribution in [1.29, 1.82) is 0 Å². The van der Waals surface area contributed by atoms with Crippen molar-refractivity contribution in [3.63, 3.8) is 0 Å². The summed E-state index contributed by atoms with van der Waals surface area (Å²) >= 11 is 9.47. The fraction of sp³-hybridized carbons (Fsp3) is 0.508. The number of nitrogens with zero attached hydrogens (tertiary/aromatic N) is 17. The first kappa shape index (κ1) is 97.5. The Labute approximate surface area is 570 Å². The number of rotatable bonds is 0. The molecule has 1 aliphatic heterocycles. The summed E-state index contributed by atoms with van der Waals surface area (Å²) in [6.45, 7) is 61.0. The van der Waals surface area contributed by atoms with Crippen LogP contribution in [0.15, 0.2) is 102 Å². The minimum Gasteiger partial charge on any atom is -0.452 e. The Kier molecular flexibility index (Phi) is 78.9. The number of imidazole rings is 2. The zero-order valence-corrected chi connectivity index (χ0v) is 65.5. The molecule has 0 saturated carbocycles. The third kappa shape index (κ3) is 65.7.